The normalized spacial score (nSPS) is 21.0. The van der Waals surface area contributed by atoms with Gasteiger partial charge in [0.05, 0.1) is 17.5 Å². The Hall–Kier alpha value is -1.48. The topological polar surface area (TPSA) is 79.0 Å². The molecule has 1 saturated heterocycles. The third-order valence-corrected chi connectivity index (χ3v) is 7.78. The van der Waals surface area contributed by atoms with Crippen molar-refractivity contribution in [2.24, 2.45) is 0 Å². The van der Waals surface area contributed by atoms with E-state index in [1.165, 1.54) is 10.7 Å². The Morgan fingerprint density at radius 3 is 2.38 bits per heavy atom. The molecule has 29 heavy (non-hydrogen) atoms. The lowest BCUT2D eigenvalue weighted by molar-refractivity contribution is -0.117. The molecule has 3 rings (SSSR count). The molecule has 162 valence electrons. The molecule has 1 atom stereocenters. The van der Waals surface area contributed by atoms with Gasteiger partial charge in [0.25, 0.3) is 0 Å². The summed E-state index contributed by atoms with van der Waals surface area (Å²) in [5.41, 5.74) is 0.597. The molecule has 0 spiro atoms. The Balaban J connectivity index is 1.54. The van der Waals surface area contributed by atoms with E-state index in [0.717, 1.165) is 51.7 Å². The van der Waals surface area contributed by atoms with Gasteiger partial charge in [-0.3, -0.25) is 9.69 Å². The van der Waals surface area contributed by atoms with Crippen LogP contribution in [0.3, 0.4) is 0 Å². The van der Waals surface area contributed by atoms with Crippen LogP contribution in [0.2, 0.25) is 0 Å². The molecule has 1 aromatic rings. The predicted molar refractivity (Wildman–Crippen MR) is 113 cm³/mol. The van der Waals surface area contributed by atoms with E-state index in [-0.39, 0.29) is 29.5 Å². The monoisotopic (exact) mass is 423 g/mol. The van der Waals surface area contributed by atoms with Crippen LogP contribution in [0.5, 0.6) is 0 Å². The van der Waals surface area contributed by atoms with Crippen molar-refractivity contribution >= 4 is 21.6 Å². The minimum atomic E-state index is -3.52. The van der Waals surface area contributed by atoms with E-state index in [9.17, 15) is 13.2 Å². The number of nitrogens with one attached hydrogen (secondary N) is 1. The largest absolute Gasteiger partial charge is 0.377 e. The lowest BCUT2D eigenvalue weighted by atomic mass is 9.96. The quantitative estimate of drug-likeness (QED) is 0.695. The van der Waals surface area contributed by atoms with Gasteiger partial charge in [-0.15, -0.1) is 0 Å². The zero-order valence-corrected chi connectivity index (χ0v) is 18.3. The Bertz CT molecular complexity index is 770. The van der Waals surface area contributed by atoms with Crippen molar-refractivity contribution in [1.82, 2.24) is 9.21 Å². The summed E-state index contributed by atoms with van der Waals surface area (Å²) < 4.78 is 32.9. The van der Waals surface area contributed by atoms with Crippen LogP contribution in [0.1, 0.15) is 44.9 Å². The lowest BCUT2D eigenvalue weighted by Gasteiger charge is -2.30. The summed E-state index contributed by atoms with van der Waals surface area (Å²) in [4.78, 5) is 14.5. The second kappa shape index (κ2) is 10.0. The molecule has 1 amide bonds. The van der Waals surface area contributed by atoms with E-state index in [1.807, 2.05) is 11.9 Å². The highest BCUT2D eigenvalue weighted by Crippen LogP contribution is 2.27. The average molecular weight is 424 g/mol. The van der Waals surface area contributed by atoms with Gasteiger partial charge in [0.1, 0.15) is 0 Å². The van der Waals surface area contributed by atoms with E-state index >= 15 is 0 Å². The van der Waals surface area contributed by atoms with E-state index in [0.29, 0.717) is 5.69 Å². The van der Waals surface area contributed by atoms with Crippen LogP contribution in [0.4, 0.5) is 5.69 Å². The molecule has 0 radical (unpaired) electrons. The smallest absolute Gasteiger partial charge is 0.243 e. The van der Waals surface area contributed by atoms with Crippen LogP contribution in [0, 0.1) is 0 Å². The summed E-state index contributed by atoms with van der Waals surface area (Å²) in [6.07, 6.45) is 7.51. The first-order chi connectivity index (χ1) is 13.9. The van der Waals surface area contributed by atoms with Crippen molar-refractivity contribution in [3.8, 4) is 0 Å². The third-order valence-electron chi connectivity index (χ3n) is 5.86. The second-order valence-corrected chi connectivity index (χ2v) is 10.2. The van der Waals surface area contributed by atoms with Crippen LogP contribution in [-0.2, 0) is 19.6 Å². The third kappa shape index (κ3) is 6.01. The van der Waals surface area contributed by atoms with Crippen molar-refractivity contribution in [3.05, 3.63) is 24.3 Å². The summed E-state index contributed by atoms with van der Waals surface area (Å²) in [6, 6.07) is 6.52. The highest BCUT2D eigenvalue weighted by Gasteiger charge is 2.29. The molecule has 1 N–H and O–H groups in total. The number of ether oxygens (including phenoxy) is 1. The molecule has 1 unspecified atom stereocenters. The van der Waals surface area contributed by atoms with Gasteiger partial charge in [-0.1, -0.05) is 19.3 Å². The Morgan fingerprint density at radius 2 is 1.76 bits per heavy atom. The Morgan fingerprint density at radius 1 is 1.07 bits per heavy atom. The zero-order chi connectivity index (χ0) is 20.9. The van der Waals surface area contributed by atoms with Crippen molar-refractivity contribution < 1.29 is 17.9 Å². The zero-order valence-electron chi connectivity index (χ0n) is 17.5. The number of amides is 1. The number of carbonyl (C=O) groups is 1. The molecule has 1 saturated carbocycles. The number of likely N-dealkylation sites (N-methyl/N-ethyl adjacent to an activating group) is 1. The fraction of sp³-hybridized carbons (Fsp3) is 0.667. The number of rotatable bonds is 8. The Labute approximate surface area is 174 Å². The number of carbonyl (C=O) groups excluding carboxylic acids is 1. The molecule has 1 aliphatic carbocycles. The number of anilines is 1. The molecule has 2 aliphatic rings. The van der Waals surface area contributed by atoms with Gasteiger partial charge in [-0.2, -0.15) is 4.31 Å². The van der Waals surface area contributed by atoms with Crippen molar-refractivity contribution in [1.29, 1.82) is 0 Å². The molecule has 0 bridgehead atoms. The summed E-state index contributed by atoms with van der Waals surface area (Å²) in [5, 5.41) is 2.84. The van der Waals surface area contributed by atoms with Gasteiger partial charge in [0.2, 0.25) is 15.9 Å². The first-order valence-electron chi connectivity index (χ1n) is 10.5. The minimum absolute atomic E-state index is 0.0764. The van der Waals surface area contributed by atoms with Crippen LogP contribution >= 0.6 is 0 Å². The van der Waals surface area contributed by atoms with Gasteiger partial charge in [-0.25, -0.2) is 8.42 Å². The van der Waals surface area contributed by atoms with Crippen LogP contribution in [-0.4, -0.2) is 69.5 Å². The van der Waals surface area contributed by atoms with Crippen LogP contribution < -0.4 is 5.32 Å². The van der Waals surface area contributed by atoms with E-state index in [4.69, 9.17) is 4.74 Å². The highest BCUT2D eigenvalue weighted by atomic mass is 32.2. The summed E-state index contributed by atoms with van der Waals surface area (Å²) in [5.74, 6) is -0.125. The Kier molecular flexibility index (Phi) is 7.67. The van der Waals surface area contributed by atoms with Gasteiger partial charge >= 0.3 is 0 Å². The first kappa shape index (κ1) is 22.2. The fourth-order valence-corrected chi connectivity index (χ4v) is 5.58. The lowest BCUT2D eigenvalue weighted by Crippen LogP contribution is -2.38. The van der Waals surface area contributed by atoms with Crippen molar-refractivity contribution in [2.45, 2.75) is 62.0 Å². The molecule has 7 nitrogen and oxygen atoms in total. The highest BCUT2D eigenvalue weighted by molar-refractivity contribution is 7.89. The van der Waals surface area contributed by atoms with Gasteiger partial charge < -0.3 is 10.1 Å². The maximum atomic E-state index is 12.9. The van der Waals surface area contributed by atoms with Crippen LogP contribution in [0.25, 0.3) is 0 Å². The standard InChI is InChI=1S/C21H33N3O4S/c1-23(15-19-9-6-14-28-19)16-21(25)22-17-10-12-20(13-11-17)29(26,27)24(2)18-7-4-3-5-8-18/h10-13,18-19H,3-9,14-16H2,1-2H3,(H,22,25). The molecule has 1 aliphatic heterocycles. The second-order valence-electron chi connectivity index (χ2n) is 8.22. The summed E-state index contributed by atoms with van der Waals surface area (Å²) >= 11 is 0. The summed E-state index contributed by atoms with van der Waals surface area (Å²) in [6.45, 7) is 1.80. The van der Waals surface area contributed by atoms with Gasteiger partial charge in [-0.05, 0) is 57.0 Å². The van der Waals surface area contributed by atoms with Gasteiger partial charge in [0, 0.05) is 31.9 Å². The van der Waals surface area contributed by atoms with Crippen molar-refractivity contribution in [2.75, 3.05) is 39.1 Å². The number of benzene rings is 1. The average Bonchev–Trinajstić information content (AvgIpc) is 3.21. The maximum Gasteiger partial charge on any atom is 0.243 e. The molecule has 1 aromatic carbocycles. The van der Waals surface area contributed by atoms with Crippen LogP contribution in [0.15, 0.2) is 29.2 Å². The molecular weight excluding hydrogens is 390 g/mol. The molecule has 2 fully saturated rings. The molecule has 1 heterocycles. The maximum absolute atomic E-state index is 12.9. The summed E-state index contributed by atoms with van der Waals surface area (Å²) in [7, 11) is 0.0546. The first-order valence-corrected chi connectivity index (χ1v) is 12.0. The number of nitrogens with zero attached hydrogens (tertiary/aromatic N) is 2. The predicted octanol–water partition coefficient (Wildman–Crippen LogP) is 2.69. The number of hydrogen-bond acceptors (Lipinski definition) is 5. The SMILES string of the molecule is CN(CC(=O)Nc1ccc(S(=O)(=O)N(C)C2CCCCC2)cc1)CC1CCCO1. The number of sulfonamides is 1. The fourth-order valence-electron chi connectivity index (χ4n) is 4.16. The van der Waals surface area contributed by atoms with Gasteiger partial charge in [0.15, 0.2) is 0 Å². The van der Waals surface area contributed by atoms with Crippen molar-refractivity contribution in [3.63, 3.8) is 0 Å². The van der Waals surface area contributed by atoms with E-state index in [1.54, 1.807) is 31.3 Å². The van der Waals surface area contributed by atoms with E-state index < -0.39 is 10.0 Å². The number of hydrogen-bond donors (Lipinski definition) is 1. The molecule has 8 heteroatoms. The molecule has 0 aromatic heterocycles. The molecular formula is C21H33N3O4S. The van der Waals surface area contributed by atoms with E-state index in [2.05, 4.69) is 5.32 Å². The minimum Gasteiger partial charge on any atom is -0.377 e.